The van der Waals surface area contributed by atoms with E-state index in [0.29, 0.717) is 17.9 Å². The van der Waals surface area contributed by atoms with E-state index in [-0.39, 0.29) is 12.2 Å². The lowest BCUT2D eigenvalue weighted by Gasteiger charge is -2.15. The first kappa shape index (κ1) is 23.6. The van der Waals surface area contributed by atoms with Gasteiger partial charge in [-0.25, -0.2) is 4.99 Å². The summed E-state index contributed by atoms with van der Waals surface area (Å²) < 4.78 is 5.58. The molecule has 1 aliphatic heterocycles. The summed E-state index contributed by atoms with van der Waals surface area (Å²) in [4.78, 5) is 4.23. The van der Waals surface area contributed by atoms with Crippen LogP contribution in [0.3, 0.4) is 0 Å². The Hall–Kier alpha value is -1.39. The van der Waals surface area contributed by atoms with E-state index < -0.39 is 0 Å². The lowest BCUT2D eigenvalue weighted by atomic mass is 10.00. The van der Waals surface area contributed by atoms with E-state index in [1.807, 2.05) is 33.8 Å². The van der Waals surface area contributed by atoms with Crippen LogP contribution in [0, 0.1) is 5.92 Å². The summed E-state index contributed by atoms with van der Waals surface area (Å²) in [5.41, 5.74) is 8.69. The highest BCUT2D eigenvalue weighted by molar-refractivity contribution is 5.79. The normalized spacial score (nSPS) is 26.6. The van der Waals surface area contributed by atoms with Crippen LogP contribution in [0.2, 0.25) is 0 Å². The highest BCUT2D eigenvalue weighted by Crippen LogP contribution is 2.28. The Labute approximate surface area is 154 Å². The summed E-state index contributed by atoms with van der Waals surface area (Å²) in [5.74, 6) is 1.20. The maximum atomic E-state index is 9.47. The summed E-state index contributed by atoms with van der Waals surface area (Å²) in [7, 11) is 0. The van der Waals surface area contributed by atoms with E-state index >= 15 is 0 Å². The summed E-state index contributed by atoms with van der Waals surface area (Å²) in [6.07, 6.45) is 6.95. The van der Waals surface area contributed by atoms with Gasteiger partial charge in [-0.2, -0.15) is 0 Å². The number of aliphatic imine (C=N–C) groups is 1. The Kier molecular flexibility index (Phi) is 11.4. The zero-order valence-corrected chi connectivity index (χ0v) is 17.2. The number of aliphatic hydroxyl groups is 1. The Morgan fingerprint density at radius 1 is 1.40 bits per heavy atom. The predicted molar refractivity (Wildman–Crippen MR) is 109 cm³/mol. The first-order chi connectivity index (χ1) is 11.8. The zero-order valence-electron chi connectivity index (χ0n) is 17.2. The van der Waals surface area contributed by atoms with E-state index in [4.69, 9.17) is 10.5 Å². The molecular weight excluding hydrogens is 312 g/mol. The van der Waals surface area contributed by atoms with Crippen LogP contribution in [-0.4, -0.2) is 29.3 Å². The fourth-order valence-electron chi connectivity index (χ4n) is 2.74. The molecule has 0 bridgehead atoms. The van der Waals surface area contributed by atoms with E-state index in [1.54, 1.807) is 6.92 Å². The first-order valence-electron chi connectivity index (χ1n) is 9.46. The number of hydrogen-bond acceptors (Lipinski definition) is 3. The molecule has 1 saturated heterocycles. The number of nitrogens with zero attached hydrogens (tertiary/aromatic N) is 1. The highest BCUT2D eigenvalue weighted by atomic mass is 16.5. The molecule has 4 atom stereocenters. The van der Waals surface area contributed by atoms with Gasteiger partial charge in [0, 0.05) is 6.42 Å². The minimum absolute atomic E-state index is 0.0880. The number of rotatable bonds is 4. The molecule has 1 aliphatic carbocycles. The molecule has 2 rings (SSSR count). The van der Waals surface area contributed by atoms with E-state index in [9.17, 15) is 5.11 Å². The number of ether oxygens (including phenoxy) is 1. The number of hydrogen-bond donors (Lipinski definition) is 2. The largest absolute Gasteiger partial charge is 0.390 e. The second kappa shape index (κ2) is 12.0. The lowest BCUT2D eigenvalue weighted by Crippen LogP contribution is -2.24. The van der Waals surface area contributed by atoms with Crippen LogP contribution in [0.15, 0.2) is 40.6 Å². The van der Waals surface area contributed by atoms with Crippen molar-refractivity contribution in [3.63, 3.8) is 0 Å². The standard InChI is InChI=1S/C10H14N2.C9H18O2.C2H6/c1-7(2)9-5-4-6-10(9)12-8(3)11;1-4-8(10)9-5-6(2)7(3)11-9;1-2/h4-5H,1,6H2,2-3H3,(H2,11,12);6-10H,4-5H2,1-3H3;1-2H3/t;6-,7+,8-,9+;/m.1./s1. The lowest BCUT2D eigenvalue weighted by molar-refractivity contribution is -0.0317. The van der Waals surface area contributed by atoms with Crippen LogP contribution in [0.5, 0.6) is 0 Å². The minimum atomic E-state index is -0.262. The second-order valence-corrected chi connectivity index (χ2v) is 6.57. The van der Waals surface area contributed by atoms with Crippen molar-refractivity contribution < 1.29 is 9.84 Å². The van der Waals surface area contributed by atoms with Crippen LogP contribution < -0.4 is 5.73 Å². The molecule has 0 amide bonds. The average molecular weight is 351 g/mol. The van der Waals surface area contributed by atoms with Crippen molar-refractivity contribution >= 4 is 5.84 Å². The van der Waals surface area contributed by atoms with Gasteiger partial charge in [0.25, 0.3) is 0 Å². The molecule has 0 spiro atoms. The van der Waals surface area contributed by atoms with Crippen molar-refractivity contribution in [2.75, 3.05) is 0 Å². The zero-order chi connectivity index (χ0) is 19.6. The van der Waals surface area contributed by atoms with E-state index in [2.05, 4.69) is 31.5 Å². The predicted octanol–water partition coefficient (Wildman–Crippen LogP) is 4.75. The molecule has 0 aromatic heterocycles. The van der Waals surface area contributed by atoms with Gasteiger partial charge in [-0.15, -0.1) is 0 Å². The van der Waals surface area contributed by atoms with Gasteiger partial charge in [-0.05, 0) is 50.7 Å². The maximum absolute atomic E-state index is 9.47. The van der Waals surface area contributed by atoms with Gasteiger partial charge in [0.05, 0.1) is 29.8 Å². The summed E-state index contributed by atoms with van der Waals surface area (Å²) >= 11 is 0. The van der Waals surface area contributed by atoms with Crippen molar-refractivity contribution in [2.45, 2.75) is 86.0 Å². The molecule has 0 unspecified atom stereocenters. The van der Waals surface area contributed by atoms with Crippen LogP contribution in [0.1, 0.15) is 67.7 Å². The Morgan fingerprint density at radius 3 is 2.40 bits per heavy atom. The number of aliphatic hydroxyl groups excluding tert-OH is 1. The molecule has 2 aliphatic rings. The Morgan fingerprint density at radius 2 is 2.00 bits per heavy atom. The third-order valence-electron chi connectivity index (χ3n) is 4.32. The molecule has 144 valence electrons. The summed E-state index contributed by atoms with van der Waals surface area (Å²) in [5, 5.41) is 9.47. The quantitative estimate of drug-likeness (QED) is 0.568. The molecule has 0 aromatic carbocycles. The van der Waals surface area contributed by atoms with Gasteiger partial charge in [0.1, 0.15) is 0 Å². The number of allylic oxidation sites excluding steroid dienone is 4. The SMILES string of the molecule is C=C(C)C1=C(N=C(C)N)CC=C1.CC.CC[C@@H](O)[C@@H]1C[C@@H](C)[C@H](C)O1. The van der Waals surface area contributed by atoms with Gasteiger partial charge in [-0.1, -0.05) is 46.4 Å². The van der Waals surface area contributed by atoms with Crippen molar-refractivity contribution in [1.82, 2.24) is 0 Å². The van der Waals surface area contributed by atoms with Crippen LogP contribution in [0.25, 0.3) is 0 Å². The van der Waals surface area contributed by atoms with Crippen molar-refractivity contribution in [1.29, 1.82) is 0 Å². The molecular formula is C21H38N2O2. The number of amidine groups is 1. The molecule has 25 heavy (non-hydrogen) atoms. The third kappa shape index (κ3) is 8.02. The third-order valence-corrected chi connectivity index (χ3v) is 4.32. The van der Waals surface area contributed by atoms with Crippen molar-refractivity contribution in [2.24, 2.45) is 16.6 Å². The smallest absolute Gasteiger partial charge is 0.0961 e. The van der Waals surface area contributed by atoms with Crippen LogP contribution in [-0.2, 0) is 4.74 Å². The summed E-state index contributed by atoms with van der Waals surface area (Å²) in [6.45, 7) is 17.9. The fraction of sp³-hybridized carbons (Fsp3) is 0.667. The molecule has 1 heterocycles. The van der Waals surface area contributed by atoms with E-state index in [1.165, 1.54) is 0 Å². The molecule has 4 heteroatoms. The van der Waals surface area contributed by atoms with Gasteiger partial charge in [-0.3, -0.25) is 0 Å². The topological polar surface area (TPSA) is 67.8 Å². The minimum Gasteiger partial charge on any atom is -0.390 e. The second-order valence-electron chi connectivity index (χ2n) is 6.57. The first-order valence-corrected chi connectivity index (χ1v) is 9.46. The van der Waals surface area contributed by atoms with E-state index in [0.717, 1.165) is 36.1 Å². The van der Waals surface area contributed by atoms with Gasteiger partial charge in [0.15, 0.2) is 0 Å². The van der Waals surface area contributed by atoms with Gasteiger partial charge < -0.3 is 15.6 Å². The van der Waals surface area contributed by atoms with Gasteiger partial charge in [0.2, 0.25) is 0 Å². The monoisotopic (exact) mass is 350 g/mol. The summed E-state index contributed by atoms with van der Waals surface area (Å²) in [6, 6.07) is 0. The van der Waals surface area contributed by atoms with Crippen molar-refractivity contribution in [3.8, 4) is 0 Å². The number of nitrogens with two attached hydrogens (primary N) is 1. The van der Waals surface area contributed by atoms with Crippen LogP contribution >= 0.6 is 0 Å². The fourth-order valence-corrected chi connectivity index (χ4v) is 2.74. The molecule has 4 nitrogen and oxygen atoms in total. The van der Waals surface area contributed by atoms with Crippen LogP contribution in [0.4, 0.5) is 0 Å². The average Bonchev–Trinajstić information content (AvgIpc) is 3.16. The molecule has 1 fully saturated rings. The molecule has 0 aromatic rings. The molecule has 0 saturated carbocycles. The van der Waals surface area contributed by atoms with Crippen molar-refractivity contribution in [3.05, 3.63) is 35.6 Å². The maximum Gasteiger partial charge on any atom is 0.0961 e. The Bertz CT molecular complexity index is 492. The molecule has 3 N–H and O–H groups in total. The highest BCUT2D eigenvalue weighted by Gasteiger charge is 2.32. The van der Waals surface area contributed by atoms with Gasteiger partial charge >= 0.3 is 0 Å². The molecule has 0 radical (unpaired) electrons. The Balaban J connectivity index is 0.000000421.